The number of rotatable bonds is 2. The van der Waals surface area contributed by atoms with Gasteiger partial charge in [-0.1, -0.05) is 18.1 Å². The Hall–Kier alpha value is -1.82. The predicted molar refractivity (Wildman–Crippen MR) is 59.6 cm³/mol. The molecule has 78 valence electrons. The van der Waals surface area contributed by atoms with Crippen molar-refractivity contribution >= 4 is 5.69 Å². The van der Waals surface area contributed by atoms with Crippen molar-refractivity contribution in [3.8, 4) is 11.8 Å². The molecule has 0 unspecified atom stereocenters. The molecule has 3 heteroatoms. The van der Waals surface area contributed by atoms with Crippen molar-refractivity contribution in [1.82, 2.24) is 0 Å². The third kappa shape index (κ3) is 2.57. The van der Waals surface area contributed by atoms with E-state index in [2.05, 4.69) is 11.8 Å². The van der Waals surface area contributed by atoms with Gasteiger partial charge in [0.2, 0.25) is 0 Å². The fourth-order valence-electron chi connectivity index (χ4n) is 1.38. The maximum absolute atomic E-state index is 10.5. The lowest BCUT2D eigenvalue weighted by atomic mass is 9.85. The highest BCUT2D eigenvalue weighted by atomic mass is 16.6. The summed E-state index contributed by atoms with van der Waals surface area (Å²) in [7, 11) is 0. The van der Waals surface area contributed by atoms with Gasteiger partial charge in [-0.15, -0.1) is 5.92 Å². The van der Waals surface area contributed by atoms with Crippen LogP contribution in [0.25, 0.3) is 0 Å². The number of non-ortho nitro benzene ring substituents is 1. The van der Waals surface area contributed by atoms with Crippen LogP contribution in [0.3, 0.4) is 0 Å². The van der Waals surface area contributed by atoms with E-state index in [1.807, 2.05) is 13.8 Å². The smallest absolute Gasteiger partial charge is 0.258 e. The fourth-order valence-corrected chi connectivity index (χ4v) is 1.38. The Morgan fingerprint density at radius 2 is 1.80 bits per heavy atom. The van der Waals surface area contributed by atoms with Crippen molar-refractivity contribution in [2.45, 2.75) is 26.2 Å². The summed E-state index contributed by atoms with van der Waals surface area (Å²) >= 11 is 0. The molecule has 0 fully saturated rings. The van der Waals surface area contributed by atoms with E-state index in [0.717, 1.165) is 5.56 Å². The molecular weight excluding hydrogens is 190 g/mol. The number of hydrogen-bond acceptors (Lipinski definition) is 2. The van der Waals surface area contributed by atoms with Crippen LogP contribution >= 0.6 is 0 Å². The second-order valence-corrected chi connectivity index (χ2v) is 3.80. The Morgan fingerprint density at radius 3 is 2.20 bits per heavy atom. The van der Waals surface area contributed by atoms with Gasteiger partial charge in [-0.25, -0.2) is 0 Å². The van der Waals surface area contributed by atoms with Gasteiger partial charge in [0, 0.05) is 12.1 Å². The lowest BCUT2D eigenvalue weighted by Crippen LogP contribution is -2.13. The van der Waals surface area contributed by atoms with Gasteiger partial charge < -0.3 is 0 Å². The van der Waals surface area contributed by atoms with E-state index in [1.165, 1.54) is 12.1 Å². The van der Waals surface area contributed by atoms with Crippen LogP contribution in [0.1, 0.15) is 26.3 Å². The van der Waals surface area contributed by atoms with Gasteiger partial charge in [-0.05, 0) is 26.3 Å². The van der Waals surface area contributed by atoms with Crippen LogP contribution in [0.5, 0.6) is 0 Å². The van der Waals surface area contributed by atoms with E-state index in [-0.39, 0.29) is 11.1 Å². The molecule has 0 saturated carbocycles. The maximum atomic E-state index is 10.5. The highest BCUT2D eigenvalue weighted by Gasteiger charge is 2.18. The van der Waals surface area contributed by atoms with E-state index in [4.69, 9.17) is 0 Å². The Kier molecular flexibility index (Phi) is 3.11. The summed E-state index contributed by atoms with van der Waals surface area (Å²) in [5, 5.41) is 10.5. The van der Waals surface area contributed by atoms with Crippen molar-refractivity contribution in [2.24, 2.45) is 0 Å². The number of nitrogens with zero attached hydrogens (tertiary/aromatic N) is 1. The summed E-state index contributed by atoms with van der Waals surface area (Å²) in [6.07, 6.45) is 0. The molecule has 0 N–H and O–H groups in total. The van der Waals surface area contributed by atoms with Crippen molar-refractivity contribution < 1.29 is 4.92 Å². The molecule has 0 heterocycles. The molecule has 1 aromatic carbocycles. The minimum Gasteiger partial charge on any atom is -0.258 e. The predicted octanol–water partition coefficient (Wildman–Crippen LogP) is 2.90. The SMILES string of the molecule is CC#CC(C)(C)c1ccc([N+](=O)[O-])cc1. The Labute approximate surface area is 89.3 Å². The molecule has 0 atom stereocenters. The summed E-state index contributed by atoms with van der Waals surface area (Å²) in [5.74, 6) is 5.93. The summed E-state index contributed by atoms with van der Waals surface area (Å²) in [6.45, 7) is 5.77. The van der Waals surface area contributed by atoms with Gasteiger partial charge >= 0.3 is 0 Å². The zero-order valence-corrected chi connectivity index (χ0v) is 9.07. The van der Waals surface area contributed by atoms with Crippen LogP contribution in [0.2, 0.25) is 0 Å². The maximum Gasteiger partial charge on any atom is 0.269 e. The molecule has 15 heavy (non-hydrogen) atoms. The highest BCUT2D eigenvalue weighted by molar-refractivity contribution is 5.39. The molecule has 1 aromatic rings. The van der Waals surface area contributed by atoms with Crippen molar-refractivity contribution in [2.75, 3.05) is 0 Å². The minimum absolute atomic E-state index is 0.110. The number of hydrogen-bond donors (Lipinski definition) is 0. The molecule has 0 aliphatic rings. The molecule has 0 aliphatic heterocycles. The lowest BCUT2D eigenvalue weighted by molar-refractivity contribution is -0.384. The van der Waals surface area contributed by atoms with E-state index in [9.17, 15) is 10.1 Å². The van der Waals surface area contributed by atoms with Crippen molar-refractivity contribution in [1.29, 1.82) is 0 Å². The normalized spacial score (nSPS) is 10.3. The standard InChI is InChI=1S/C12H13NO2/c1-4-9-12(2,3)10-5-7-11(8-6-10)13(14)15/h5-8H,1-3H3. The Bertz CT molecular complexity index is 421. The largest absolute Gasteiger partial charge is 0.269 e. The first-order valence-corrected chi connectivity index (χ1v) is 4.66. The topological polar surface area (TPSA) is 43.1 Å². The molecule has 1 rings (SSSR count). The molecule has 0 spiro atoms. The van der Waals surface area contributed by atoms with Crippen molar-refractivity contribution in [3.05, 3.63) is 39.9 Å². The number of nitro benzene ring substituents is 1. The molecule has 0 saturated heterocycles. The average Bonchev–Trinajstić information content (AvgIpc) is 2.18. The van der Waals surface area contributed by atoms with Crippen LogP contribution in [0.15, 0.2) is 24.3 Å². The zero-order valence-electron chi connectivity index (χ0n) is 9.07. The summed E-state index contributed by atoms with van der Waals surface area (Å²) in [6, 6.07) is 6.52. The summed E-state index contributed by atoms with van der Waals surface area (Å²) < 4.78 is 0. The van der Waals surface area contributed by atoms with Crippen LogP contribution < -0.4 is 0 Å². The third-order valence-corrected chi connectivity index (χ3v) is 2.24. The lowest BCUT2D eigenvalue weighted by Gasteiger charge is -2.17. The minimum atomic E-state index is -0.401. The summed E-state index contributed by atoms with van der Waals surface area (Å²) in [4.78, 5) is 10.1. The molecule has 0 radical (unpaired) electrons. The first-order chi connectivity index (χ1) is 6.97. The molecule has 3 nitrogen and oxygen atoms in total. The van der Waals surface area contributed by atoms with E-state index in [0.29, 0.717) is 0 Å². The third-order valence-electron chi connectivity index (χ3n) is 2.24. The molecule has 0 amide bonds. The van der Waals surface area contributed by atoms with Crippen LogP contribution in [0.4, 0.5) is 5.69 Å². The monoisotopic (exact) mass is 203 g/mol. The van der Waals surface area contributed by atoms with Gasteiger partial charge in [0.25, 0.3) is 5.69 Å². The first kappa shape index (κ1) is 11.3. The van der Waals surface area contributed by atoms with E-state index >= 15 is 0 Å². The number of nitro groups is 1. The first-order valence-electron chi connectivity index (χ1n) is 4.66. The second kappa shape index (κ2) is 4.14. The molecule has 0 bridgehead atoms. The molecule has 0 aliphatic carbocycles. The second-order valence-electron chi connectivity index (χ2n) is 3.80. The van der Waals surface area contributed by atoms with Gasteiger partial charge in [-0.3, -0.25) is 10.1 Å². The number of benzene rings is 1. The average molecular weight is 203 g/mol. The quantitative estimate of drug-likeness (QED) is 0.421. The zero-order chi connectivity index (χ0) is 11.5. The van der Waals surface area contributed by atoms with Crippen LogP contribution in [-0.2, 0) is 5.41 Å². The fraction of sp³-hybridized carbons (Fsp3) is 0.333. The van der Waals surface area contributed by atoms with Crippen LogP contribution in [-0.4, -0.2) is 4.92 Å². The van der Waals surface area contributed by atoms with Crippen LogP contribution in [0, 0.1) is 22.0 Å². The van der Waals surface area contributed by atoms with Gasteiger partial charge in [0.1, 0.15) is 0 Å². The highest BCUT2D eigenvalue weighted by Crippen LogP contribution is 2.24. The van der Waals surface area contributed by atoms with Gasteiger partial charge in [0.05, 0.1) is 10.3 Å². The molecule has 0 aromatic heterocycles. The van der Waals surface area contributed by atoms with Gasteiger partial charge in [-0.2, -0.15) is 0 Å². The van der Waals surface area contributed by atoms with E-state index in [1.54, 1.807) is 19.1 Å². The summed E-state index contributed by atoms with van der Waals surface area (Å²) in [5.41, 5.74) is 0.839. The van der Waals surface area contributed by atoms with E-state index < -0.39 is 4.92 Å². The Balaban J connectivity index is 3.07. The molecular formula is C12H13NO2. The van der Waals surface area contributed by atoms with Gasteiger partial charge in [0.15, 0.2) is 0 Å². The van der Waals surface area contributed by atoms with Crippen molar-refractivity contribution in [3.63, 3.8) is 0 Å². The Morgan fingerprint density at radius 1 is 1.27 bits per heavy atom.